The first kappa shape index (κ1) is 66.1. The van der Waals surface area contributed by atoms with Crippen molar-refractivity contribution in [3.05, 3.63) is 109 Å². The Bertz CT molecular complexity index is 1440. The Morgan fingerprint density at radius 1 is 0.300 bits per heavy atom. The van der Waals surface area contributed by atoms with Crippen molar-refractivity contribution < 1.29 is 28.6 Å². The molecule has 0 aromatic rings. The van der Waals surface area contributed by atoms with Crippen LogP contribution >= 0.6 is 0 Å². The molecular formula is C64H106O6. The molecule has 0 fully saturated rings. The van der Waals surface area contributed by atoms with E-state index in [1.807, 2.05) is 0 Å². The van der Waals surface area contributed by atoms with Gasteiger partial charge in [0.15, 0.2) is 6.10 Å². The van der Waals surface area contributed by atoms with Crippen LogP contribution in [0.4, 0.5) is 0 Å². The summed E-state index contributed by atoms with van der Waals surface area (Å²) < 4.78 is 16.8. The lowest BCUT2D eigenvalue weighted by Crippen LogP contribution is -2.30. The third-order valence-corrected chi connectivity index (χ3v) is 12.0. The molecule has 0 radical (unpaired) electrons. The molecule has 6 heteroatoms. The largest absolute Gasteiger partial charge is 0.462 e. The van der Waals surface area contributed by atoms with Crippen LogP contribution in [-0.2, 0) is 28.6 Å². The van der Waals surface area contributed by atoms with E-state index in [9.17, 15) is 14.4 Å². The molecule has 1 unspecified atom stereocenters. The molecule has 6 nitrogen and oxygen atoms in total. The third-order valence-electron chi connectivity index (χ3n) is 12.0. The molecule has 0 aromatic carbocycles. The zero-order chi connectivity index (χ0) is 50.7. The second kappa shape index (κ2) is 57.6. The van der Waals surface area contributed by atoms with Gasteiger partial charge in [-0.25, -0.2) is 0 Å². The van der Waals surface area contributed by atoms with Crippen LogP contribution in [0.1, 0.15) is 258 Å². The van der Waals surface area contributed by atoms with Gasteiger partial charge in [0.2, 0.25) is 0 Å². The SMILES string of the molecule is CC/C=C\C/C=C\C/C=C\C/C=C\CCCCCCCCC(=O)OCC(COC(=O)CCCCCCC/C=C\CCCCCCCCC)OC(=O)CCCCCC/C=C\C/C=C\C/C=C\C/C=C\CC. The monoisotopic (exact) mass is 971 g/mol. The fourth-order valence-electron chi connectivity index (χ4n) is 7.71. The topological polar surface area (TPSA) is 78.9 Å². The smallest absolute Gasteiger partial charge is 0.306 e. The van der Waals surface area contributed by atoms with Gasteiger partial charge in [-0.15, -0.1) is 0 Å². The van der Waals surface area contributed by atoms with Crippen LogP contribution in [0, 0.1) is 0 Å². The molecule has 0 amide bonds. The number of carbonyl (C=O) groups is 3. The summed E-state index contributed by atoms with van der Waals surface area (Å²) >= 11 is 0. The van der Waals surface area contributed by atoms with Crippen LogP contribution in [0.5, 0.6) is 0 Å². The molecular weight excluding hydrogens is 865 g/mol. The molecule has 0 aliphatic rings. The summed E-state index contributed by atoms with van der Waals surface area (Å²) in [5, 5.41) is 0. The van der Waals surface area contributed by atoms with Crippen LogP contribution in [-0.4, -0.2) is 37.2 Å². The molecule has 0 spiro atoms. The van der Waals surface area contributed by atoms with E-state index >= 15 is 0 Å². The quantitative estimate of drug-likeness (QED) is 0.0262. The summed E-state index contributed by atoms with van der Waals surface area (Å²) in [6.07, 6.45) is 77.9. The van der Waals surface area contributed by atoms with Crippen LogP contribution in [0.25, 0.3) is 0 Å². The van der Waals surface area contributed by atoms with Crippen molar-refractivity contribution >= 4 is 17.9 Å². The molecule has 0 saturated heterocycles. The van der Waals surface area contributed by atoms with Gasteiger partial charge in [0, 0.05) is 19.3 Å². The molecule has 1 atom stereocenters. The zero-order valence-corrected chi connectivity index (χ0v) is 45.5. The van der Waals surface area contributed by atoms with Crippen molar-refractivity contribution in [2.45, 2.75) is 264 Å². The van der Waals surface area contributed by atoms with Crippen molar-refractivity contribution in [1.29, 1.82) is 0 Å². The minimum absolute atomic E-state index is 0.0984. The number of esters is 3. The van der Waals surface area contributed by atoms with E-state index in [1.54, 1.807) is 0 Å². The number of carbonyl (C=O) groups excluding carboxylic acids is 3. The van der Waals surface area contributed by atoms with Gasteiger partial charge in [0.25, 0.3) is 0 Å². The lowest BCUT2D eigenvalue weighted by molar-refractivity contribution is -0.167. The first-order valence-electron chi connectivity index (χ1n) is 28.9. The molecule has 398 valence electrons. The third kappa shape index (κ3) is 55.0. The maximum atomic E-state index is 12.9. The molecule has 0 N–H and O–H groups in total. The van der Waals surface area contributed by atoms with Crippen molar-refractivity contribution in [1.82, 2.24) is 0 Å². The second-order valence-corrected chi connectivity index (χ2v) is 18.8. The van der Waals surface area contributed by atoms with Crippen LogP contribution < -0.4 is 0 Å². The summed E-state index contributed by atoms with van der Waals surface area (Å²) in [7, 11) is 0. The van der Waals surface area contributed by atoms with Crippen LogP contribution in [0.15, 0.2) is 109 Å². The highest BCUT2D eigenvalue weighted by Gasteiger charge is 2.19. The normalized spacial score (nSPS) is 12.9. The molecule has 0 rings (SSSR count). The highest BCUT2D eigenvalue weighted by atomic mass is 16.6. The Balaban J connectivity index is 4.48. The number of unbranched alkanes of at least 4 members (excludes halogenated alkanes) is 22. The average molecular weight is 972 g/mol. The first-order chi connectivity index (χ1) is 34.5. The van der Waals surface area contributed by atoms with Gasteiger partial charge >= 0.3 is 17.9 Å². The van der Waals surface area contributed by atoms with Gasteiger partial charge in [0.1, 0.15) is 13.2 Å². The summed E-state index contributed by atoms with van der Waals surface area (Å²) in [4.78, 5) is 38.2. The highest BCUT2D eigenvalue weighted by Crippen LogP contribution is 2.14. The van der Waals surface area contributed by atoms with Crippen molar-refractivity contribution in [2.24, 2.45) is 0 Å². The Kier molecular flexibility index (Phi) is 54.4. The number of rotatable bonds is 51. The van der Waals surface area contributed by atoms with E-state index in [2.05, 4.69) is 130 Å². The lowest BCUT2D eigenvalue weighted by Gasteiger charge is -2.18. The van der Waals surface area contributed by atoms with Gasteiger partial charge in [-0.05, 0) is 122 Å². The second-order valence-electron chi connectivity index (χ2n) is 18.8. The van der Waals surface area contributed by atoms with E-state index in [4.69, 9.17) is 14.2 Å². The van der Waals surface area contributed by atoms with E-state index < -0.39 is 6.10 Å². The van der Waals surface area contributed by atoms with Crippen molar-refractivity contribution in [3.63, 3.8) is 0 Å². The fraction of sp³-hybridized carbons (Fsp3) is 0.672. The summed E-state index contributed by atoms with van der Waals surface area (Å²) in [5.74, 6) is -0.943. The van der Waals surface area contributed by atoms with Gasteiger partial charge in [-0.3, -0.25) is 14.4 Å². The highest BCUT2D eigenvalue weighted by molar-refractivity contribution is 5.71. The maximum absolute atomic E-state index is 12.9. The predicted octanol–water partition coefficient (Wildman–Crippen LogP) is 19.5. The average Bonchev–Trinajstić information content (AvgIpc) is 3.36. The predicted molar refractivity (Wildman–Crippen MR) is 302 cm³/mol. The fourth-order valence-corrected chi connectivity index (χ4v) is 7.71. The number of hydrogen-bond donors (Lipinski definition) is 0. The molecule has 70 heavy (non-hydrogen) atoms. The van der Waals surface area contributed by atoms with Gasteiger partial charge in [-0.1, -0.05) is 226 Å². The zero-order valence-electron chi connectivity index (χ0n) is 45.5. The van der Waals surface area contributed by atoms with Crippen molar-refractivity contribution in [3.8, 4) is 0 Å². The van der Waals surface area contributed by atoms with Gasteiger partial charge < -0.3 is 14.2 Å². The van der Waals surface area contributed by atoms with E-state index in [1.165, 1.54) is 77.0 Å². The Morgan fingerprint density at radius 3 is 0.886 bits per heavy atom. The minimum Gasteiger partial charge on any atom is -0.462 e. The van der Waals surface area contributed by atoms with E-state index in [-0.39, 0.29) is 31.1 Å². The maximum Gasteiger partial charge on any atom is 0.306 e. The summed E-state index contributed by atoms with van der Waals surface area (Å²) in [5.41, 5.74) is 0. The molecule has 0 bridgehead atoms. The van der Waals surface area contributed by atoms with E-state index in [0.717, 1.165) is 141 Å². The van der Waals surface area contributed by atoms with Gasteiger partial charge in [0.05, 0.1) is 0 Å². The lowest BCUT2D eigenvalue weighted by atomic mass is 10.1. The molecule has 0 aliphatic carbocycles. The Morgan fingerprint density at radius 2 is 0.557 bits per heavy atom. The van der Waals surface area contributed by atoms with E-state index in [0.29, 0.717) is 19.3 Å². The van der Waals surface area contributed by atoms with Crippen LogP contribution in [0.3, 0.4) is 0 Å². The Hall–Kier alpha value is -3.93. The Labute approximate surface area is 431 Å². The number of ether oxygens (including phenoxy) is 3. The molecule has 0 aliphatic heterocycles. The number of allylic oxidation sites excluding steroid dienone is 18. The molecule has 0 saturated carbocycles. The van der Waals surface area contributed by atoms with Crippen LogP contribution in [0.2, 0.25) is 0 Å². The minimum atomic E-state index is -0.803. The molecule has 0 aromatic heterocycles. The molecule has 0 heterocycles. The van der Waals surface area contributed by atoms with Gasteiger partial charge in [-0.2, -0.15) is 0 Å². The summed E-state index contributed by atoms with van der Waals surface area (Å²) in [6, 6.07) is 0. The first-order valence-corrected chi connectivity index (χ1v) is 28.9. The standard InChI is InChI=1S/C64H106O6/c1-4-7-10-13-16-19-22-25-28-31-32-34-36-39-42-45-48-51-54-57-63(66)69-60-61(59-68-62(65)56-53-50-47-44-41-38-35-30-27-24-21-18-15-12-9-6-3)70-64(67)58-55-52-49-46-43-40-37-33-29-26-23-20-17-14-11-8-5-2/h7-8,10-11,16-17,19-20,25-26,28-30,32,34-35,37,40,61H,4-6,9,12-15,18,21-24,27,31,33,36,38-39,41-60H2,1-3H3/b10-7-,11-8-,19-16-,20-17-,28-25-,29-26-,34-32-,35-30-,40-37-. The summed E-state index contributed by atoms with van der Waals surface area (Å²) in [6.45, 7) is 6.38. The van der Waals surface area contributed by atoms with Crippen molar-refractivity contribution in [2.75, 3.05) is 13.2 Å². The number of hydrogen-bond acceptors (Lipinski definition) is 6.